The van der Waals surface area contributed by atoms with Crippen LogP contribution in [0, 0.1) is 5.92 Å². The molecule has 1 aromatic heterocycles. The van der Waals surface area contributed by atoms with Crippen LogP contribution in [-0.4, -0.2) is 17.9 Å². The highest BCUT2D eigenvalue weighted by molar-refractivity contribution is 5.92. The third-order valence-electron chi connectivity index (χ3n) is 2.76. The maximum absolute atomic E-state index is 11.6. The van der Waals surface area contributed by atoms with Crippen LogP contribution < -0.4 is 10.6 Å². The lowest BCUT2D eigenvalue weighted by molar-refractivity contribution is -0.122. The van der Waals surface area contributed by atoms with Gasteiger partial charge in [0.1, 0.15) is 5.82 Å². The van der Waals surface area contributed by atoms with Gasteiger partial charge in [0.25, 0.3) is 0 Å². The summed E-state index contributed by atoms with van der Waals surface area (Å²) in [5.74, 6) is 1.14. The normalized spacial score (nSPS) is 14.6. The molecule has 16 heavy (non-hydrogen) atoms. The summed E-state index contributed by atoms with van der Waals surface area (Å²) in [5.41, 5.74) is 0.769. The molecule has 0 bridgehead atoms. The standard InChI is InChI=1S/C11H15N3O.ClH/c1-12-10-6-5-9(7-13-10)14-11(15)8-3-2-4-8;/h5-8H,2-4H2,1H3,(H,12,13)(H,14,15);1H. The lowest BCUT2D eigenvalue weighted by atomic mass is 9.85. The Morgan fingerprint density at radius 3 is 2.62 bits per heavy atom. The van der Waals surface area contributed by atoms with Gasteiger partial charge in [-0.15, -0.1) is 12.4 Å². The molecule has 1 aliphatic carbocycles. The number of halogens is 1. The number of carbonyl (C=O) groups is 1. The van der Waals surface area contributed by atoms with Gasteiger partial charge in [0.2, 0.25) is 5.91 Å². The first-order valence-electron chi connectivity index (χ1n) is 5.24. The lowest BCUT2D eigenvalue weighted by Gasteiger charge is -2.23. The molecule has 1 aliphatic rings. The van der Waals surface area contributed by atoms with E-state index in [0.29, 0.717) is 0 Å². The largest absolute Gasteiger partial charge is 0.373 e. The Kier molecular flexibility index (Phi) is 4.55. The van der Waals surface area contributed by atoms with Crippen molar-refractivity contribution in [3.63, 3.8) is 0 Å². The minimum Gasteiger partial charge on any atom is -0.373 e. The van der Waals surface area contributed by atoms with Crippen molar-refractivity contribution in [3.8, 4) is 0 Å². The molecule has 88 valence electrons. The fourth-order valence-electron chi connectivity index (χ4n) is 1.53. The number of hydrogen-bond donors (Lipinski definition) is 2. The van der Waals surface area contributed by atoms with Crippen molar-refractivity contribution in [2.24, 2.45) is 5.92 Å². The molecule has 1 aromatic rings. The first-order valence-corrected chi connectivity index (χ1v) is 5.24. The Labute approximate surface area is 101 Å². The first kappa shape index (κ1) is 12.8. The molecule has 4 nitrogen and oxygen atoms in total. The summed E-state index contributed by atoms with van der Waals surface area (Å²) in [6.07, 6.45) is 4.89. The van der Waals surface area contributed by atoms with Crippen LogP contribution in [-0.2, 0) is 4.79 Å². The van der Waals surface area contributed by atoms with Crippen molar-refractivity contribution in [3.05, 3.63) is 18.3 Å². The molecule has 5 heteroatoms. The second kappa shape index (κ2) is 5.70. The molecule has 2 rings (SSSR count). The molecule has 0 aromatic carbocycles. The summed E-state index contributed by atoms with van der Waals surface area (Å²) in [6, 6.07) is 3.70. The Balaban J connectivity index is 0.00000128. The quantitative estimate of drug-likeness (QED) is 0.854. The molecule has 0 spiro atoms. The van der Waals surface area contributed by atoms with Gasteiger partial charge in [0, 0.05) is 13.0 Å². The van der Waals surface area contributed by atoms with Crippen LogP contribution in [0.5, 0.6) is 0 Å². The van der Waals surface area contributed by atoms with Crippen LogP contribution in [0.4, 0.5) is 11.5 Å². The minimum absolute atomic E-state index is 0. The molecule has 2 N–H and O–H groups in total. The highest BCUT2D eigenvalue weighted by Crippen LogP contribution is 2.27. The van der Waals surface area contributed by atoms with E-state index in [4.69, 9.17) is 0 Å². The summed E-state index contributed by atoms with van der Waals surface area (Å²) >= 11 is 0. The maximum atomic E-state index is 11.6. The summed E-state index contributed by atoms with van der Waals surface area (Å²) in [6.45, 7) is 0. The lowest BCUT2D eigenvalue weighted by Crippen LogP contribution is -2.28. The van der Waals surface area contributed by atoms with E-state index >= 15 is 0 Å². The fourth-order valence-corrected chi connectivity index (χ4v) is 1.53. The zero-order chi connectivity index (χ0) is 10.7. The summed E-state index contributed by atoms with van der Waals surface area (Å²) < 4.78 is 0. The zero-order valence-electron chi connectivity index (χ0n) is 9.19. The second-order valence-corrected chi connectivity index (χ2v) is 3.80. The van der Waals surface area contributed by atoms with Crippen molar-refractivity contribution in [1.82, 2.24) is 4.98 Å². The highest BCUT2D eigenvalue weighted by atomic mass is 35.5. The van der Waals surface area contributed by atoms with Crippen LogP contribution in [0.2, 0.25) is 0 Å². The number of hydrogen-bond acceptors (Lipinski definition) is 3. The Bertz CT molecular complexity index is 349. The van der Waals surface area contributed by atoms with Gasteiger partial charge in [-0.2, -0.15) is 0 Å². The molecule has 0 saturated heterocycles. The van der Waals surface area contributed by atoms with Crippen molar-refractivity contribution in [1.29, 1.82) is 0 Å². The van der Waals surface area contributed by atoms with Crippen molar-refractivity contribution >= 4 is 29.8 Å². The van der Waals surface area contributed by atoms with Gasteiger partial charge in [0.15, 0.2) is 0 Å². The minimum atomic E-state index is 0. The third-order valence-corrected chi connectivity index (χ3v) is 2.76. The predicted molar refractivity (Wildman–Crippen MR) is 67.0 cm³/mol. The fraction of sp³-hybridized carbons (Fsp3) is 0.455. The number of carbonyl (C=O) groups excluding carboxylic acids is 1. The van der Waals surface area contributed by atoms with E-state index in [0.717, 1.165) is 24.3 Å². The molecular weight excluding hydrogens is 226 g/mol. The number of pyridine rings is 1. The molecule has 0 unspecified atom stereocenters. The Morgan fingerprint density at radius 2 is 2.19 bits per heavy atom. The number of nitrogens with zero attached hydrogens (tertiary/aromatic N) is 1. The number of amides is 1. The van der Waals surface area contributed by atoms with E-state index in [9.17, 15) is 4.79 Å². The van der Waals surface area contributed by atoms with E-state index in [1.54, 1.807) is 6.20 Å². The smallest absolute Gasteiger partial charge is 0.227 e. The van der Waals surface area contributed by atoms with Gasteiger partial charge in [-0.1, -0.05) is 6.42 Å². The summed E-state index contributed by atoms with van der Waals surface area (Å²) in [7, 11) is 1.81. The molecule has 1 saturated carbocycles. The molecule has 0 aliphatic heterocycles. The molecule has 1 amide bonds. The highest BCUT2D eigenvalue weighted by Gasteiger charge is 2.24. The van der Waals surface area contributed by atoms with Crippen molar-refractivity contribution in [2.75, 3.05) is 17.7 Å². The van der Waals surface area contributed by atoms with Gasteiger partial charge >= 0.3 is 0 Å². The van der Waals surface area contributed by atoms with Crippen LogP contribution in [0.3, 0.4) is 0 Å². The van der Waals surface area contributed by atoms with Gasteiger partial charge in [-0.05, 0) is 25.0 Å². The Morgan fingerprint density at radius 1 is 1.44 bits per heavy atom. The first-order chi connectivity index (χ1) is 7.29. The molecule has 1 fully saturated rings. The van der Waals surface area contributed by atoms with E-state index in [-0.39, 0.29) is 24.2 Å². The molecule has 0 atom stereocenters. The molecule has 1 heterocycles. The van der Waals surface area contributed by atoms with E-state index in [2.05, 4.69) is 15.6 Å². The molecular formula is C11H16ClN3O. The van der Waals surface area contributed by atoms with Gasteiger partial charge in [0.05, 0.1) is 11.9 Å². The average molecular weight is 242 g/mol. The zero-order valence-corrected chi connectivity index (χ0v) is 10.0. The van der Waals surface area contributed by atoms with Gasteiger partial charge in [-0.3, -0.25) is 4.79 Å². The van der Waals surface area contributed by atoms with Crippen LogP contribution in [0.25, 0.3) is 0 Å². The van der Waals surface area contributed by atoms with Gasteiger partial charge in [-0.25, -0.2) is 4.98 Å². The van der Waals surface area contributed by atoms with E-state index in [1.807, 2.05) is 19.2 Å². The van der Waals surface area contributed by atoms with Crippen LogP contribution in [0.1, 0.15) is 19.3 Å². The SMILES string of the molecule is CNc1ccc(NC(=O)C2CCC2)cn1.Cl. The summed E-state index contributed by atoms with van der Waals surface area (Å²) in [5, 5.41) is 5.79. The van der Waals surface area contributed by atoms with Crippen molar-refractivity contribution < 1.29 is 4.79 Å². The number of rotatable bonds is 3. The predicted octanol–water partition coefficient (Wildman–Crippen LogP) is 2.28. The number of aromatic nitrogens is 1. The van der Waals surface area contributed by atoms with E-state index in [1.165, 1.54) is 6.42 Å². The molecule has 0 radical (unpaired) electrons. The van der Waals surface area contributed by atoms with E-state index < -0.39 is 0 Å². The van der Waals surface area contributed by atoms with Gasteiger partial charge < -0.3 is 10.6 Å². The number of nitrogens with one attached hydrogen (secondary N) is 2. The number of anilines is 2. The van der Waals surface area contributed by atoms with Crippen LogP contribution in [0.15, 0.2) is 18.3 Å². The Hall–Kier alpha value is -1.29. The maximum Gasteiger partial charge on any atom is 0.227 e. The second-order valence-electron chi connectivity index (χ2n) is 3.80. The monoisotopic (exact) mass is 241 g/mol. The third kappa shape index (κ3) is 2.85. The van der Waals surface area contributed by atoms with Crippen molar-refractivity contribution in [2.45, 2.75) is 19.3 Å². The summed E-state index contributed by atoms with van der Waals surface area (Å²) in [4.78, 5) is 15.7. The van der Waals surface area contributed by atoms with Crippen LogP contribution >= 0.6 is 12.4 Å². The average Bonchev–Trinajstić information content (AvgIpc) is 2.16. The topological polar surface area (TPSA) is 54.0 Å².